The Morgan fingerprint density at radius 1 is 1.12 bits per heavy atom. The lowest BCUT2D eigenvalue weighted by molar-refractivity contribution is -0.159. The van der Waals surface area contributed by atoms with Crippen LogP contribution in [0.2, 0.25) is 0 Å². The van der Waals surface area contributed by atoms with Crippen LogP contribution in [0.15, 0.2) is 47.1 Å². The molecule has 0 unspecified atom stereocenters. The van der Waals surface area contributed by atoms with Crippen LogP contribution in [0.3, 0.4) is 0 Å². The van der Waals surface area contributed by atoms with E-state index in [0.717, 1.165) is 0 Å². The van der Waals surface area contributed by atoms with Crippen molar-refractivity contribution in [3.8, 4) is 17.1 Å². The fourth-order valence-electron chi connectivity index (χ4n) is 1.87. The summed E-state index contributed by atoms with van der Waals surface area (Å²) in [5.74, 6) is -2.14. The molecular formula is C15H9F4N3O2. The van der Waals surface area contributed by atoms with Crippen LogP contribution >= 0.6 is 0 Å². The summed E-state index contributed by atoms with van der Waals surface area (Å²) in [5.41, 5.74) is 0.644. The number of para-hydroxylation sites is 1. The number of nitrogens with zero attached hydrogens (tertiary/aromatic N) is 3. The number of alkyl halides is 3. The van der Waals surface area contributed by atoms with Gasteiger partial charge in [-0.1, -0.05) is 17.3 Å². The minimum atomic E-state index is -4.71. The Morgan fingerprint density at radius 3 is 2.62 bits per heavy atom. The topological polar surface area (TPSA) is 61.0 Å². The number of aromatic nitrogens is 3. The van der Waals surface area contributed by atoms with E-state index in [1.807, 2.05) is 0 Å². The third kappa shape index (κ3) is 3.50. The number of rotatable bonds is 4. The van der Waals surface area contributed by atoms with Gasteiger partial charge in [-0.3, -0.25) is 4.98 Å². The fraction of sp³-hybridized carbons (Fsp3) is 0.133. The zero-order valence-corrected chi connectivity index (χ0v) is 11.9. The van der Waals surface area contributed by atoms with E-state index in [1.54, 1.807) is 6.07 Å². The molecule has 0 amide bonds. The van der Waals surface area contributed by atoms with Crippen molar-refractivity contribution in [3.63, 3.8) is 0 Å². The Morgan fingerprint density at radius 2 is 1.92 bits per heavy atom. The van der Waals surface area contributed by atoms with Gasteiger partial charge in [-0.2, -0.15) is 18.2 Å². The quantitative estimate of drug-likeness (QED) is 0.675. The molecule has 0 fully saturated rings. The molecule has 3 aromatic rings. The van der Waals surface area contributed by atoms with E-state index in [-0.39, 0.29) is 23.7 Å². The molecule has 0 bridgehead atoms. The summed E-state index contributed by atoms with van der Waals surface area (Å²) in [6.07, 6.45) is -3.35. The maximum absolute atomic E-state index is 13.5. The van der Waals surface area contributed by atoms with Crippen LogP contribution in [0.5, 0.6) is 5.75 Å². The van der Waals surface area contributed by atoms with Gasteiger partial charge in [-0.25, -0.2) is 4.39 Å². The number of hydrogen-bond donors (Lipinski definition) is 0. The minimum absolute atomic E-state index is 0.0450. The zero-order chi connectivity index (χ0) is 17.2. The summed E-state index contributed by atoms with van der Waals surface area (Å²) < 4.78 is 60.4. The molecular weight excluding hydrogens is 330 g/mol. The van der Waals surface area contributed by atoms with E-state index >= 15 is 0 Å². The van der Waals surface area contributed by atoms with Gasteiger partial charge in [0.2, 0.25) is 5.82 Å². The molecule has 9 heteroatoms. The predicted molar refractivity (Wildman–Crippen MR) is 73.3 cm³/mol. The Bertz CT molecular complexity index is 848. The molecule has 2 aromatic heterocycles. The number of benzene rings is 1. The smallest absolute Gasteiger partial charge is 0.471 e. The summed E-state index contributed by atoms with van der Waals surface area (Å²) in [6, 6.07) is 8.70. The first-order valence-electron chi connectivity index (χ1n) is 6.67. The molecule has 2 heterocycles. The van der Waals surface area contributed by atoms with Gasteiger partial charge in [0.15, 0.2) is 11.6 Å². The third-order valence-electron chi connectivity index (χ3n) is 2.96. The first-order chi connectivity index (χ1) is 11.4. The Balaban J connectivity index is 1.77. The molecule has 0 aliphatic carbocycles. The summed E-state index contributed by atoms with van der Waals surface area (Å²) in [6.45, 7) is -0.0707. The maximum Gasteiger partial charge on any atom is 0.471 e. The van der Waals surface area contributed by atoms with Crippen molar-refractivity contribution >= 4 is 0 Å². The highest BCUT2D eigenvalue weighted by molar-refractivity contribution is 5.54. The molecule has 0 aliphatic heterocycles. The molecule has 5 nitrogen and oxygen atoms in total. The average molecular weight is 339 g/mol. The number of pyridine rings is 1. The van der Waals surface area contributed by atoms with E-state index in [4.69, 9.17) is 4.74 Å². The van der Waals surface area contributed by atoms with Gasteiger partial charge in [-0.15, -0.1) is 0 Å². The molecule has 1 aromatic carbocycles. The van der Waals surface area contributed by atoms with Gasteiger partial charge in [0.05, 0.1) is 5.69 Å². The molecule has 0 N–H and O–H groups in total. The second-order valence-corrected chi connectivity index (χ2v) is 4.68. The Labute approximate surface area is 132 Å². The highest BCUT2D eigenvalue weighted by atomic mass is 19.4. The molecule has 0 saturated carbocycles. The molecule has 0 spiro atoms. The number of hydrogen-bond acceptors (Lipinski definition) is 5. The van der Waals surface area contributed by atoms with Crippen molar-refractivity contribution in [3.05, 3.63) is 60.0 Å². The second-order valence-electron chi connectivity index (χ2n) is 4.68. The summed E-state index contributed by atoms with van der Waals surface area (Å²) in [5, 5.41) is 3.29. The number of halogens is 4. The molecule has 0 saturated heterocycles. The highest BCUT2D eigenvalue weighted by Gasteiger charge is 2.38. The minimum Gasteiger partial charge on any atom is -0.484 e. The fourth-order valence-corrected chi connectivity index (χ4v) is 1.87. The molecule has 124 valence electrons. The first kappa shape index (κ1) is 15.9. The summed E-state index contributed by atoms with van der Waals surface area (Å²) >= 11 is 0. The van der Waals surface area contributed by atoms with E-state index in [0.29, 0.717) is 5.69 Å². The average Bonchev–Trinajstić information content (AvgIpc) is 3.05. The van der Waals surface area contributed by atoms with Gasteiger partial charge in [-0.05, 0) is 24.3 Å². The van der Waals surface area contributed by atoms with Gasteiger partial charge >= 0.3 is 12.1 Å². The molecule has 24 heavy (non-hydrogen) atoms. The van der Waals surface area contributed by atoms with Crippen LogP contribution in [-0.2, 0) is 12.8 Å². The first-order valence-corrected chi connectivity index (χ1v) is 6.67. The van der Waals surface area contributed by atoms with Gasteiger partial charge in [0.25, 0.3) is 0 Å². The van der Waals surface area contributed by atoms with Gasteiger partial charge < -0.3 is 9.26 Å². The van der Waals surface area contributed by atoms with E-state index in [9.17, 15) is 17.6 Å². The van der Waals surface area contributed by atoms with E-state index in [1.165, 1.54) is 36.5 Å². The molecule has 0 atom stereocenters. The van der Waals surface area contributed by atoms with Crippen molar-refractivity contribution in [2.24, 2.45) is 0 Å². The van der Waals surface area contributed by atoms with Crippen LogP contribution in [-0.4, -0.2) is 15.1 Å². The van der Waals surface area contributed by atoms with Crippen molar-refractivity contribution in [2.45, 2.75) is 12.8 Å². The lowest BCUT2D eigenvalue weighted by Gasteiger charge is -2.07. The summed E-state index contributed by atoms with van der Waals surface area (Å²) in [7, 11) is 0. The standard InChI is InChI=1S/C15H9F4N3O2/c16-11-3-1-2-4-12(11)23-8-10-7-9(5-6-20-10)13-21-14(24-22-13)15(17,18)19/h1-7H,8H2. The van der Waals surface area contributed by atoms with Crippen molar-refractivity contribution in [1.29, 1.82) is 0 Å². The maximum atomic E-state index is 13.5. The Kier molecular flexibility index (Phi) is 4.15. The van der Waals surface area contributed by atoms with Crippen LogP contribution in [0.25, 0.3) is 11.4 Å². The Hall–Kier alpha value is -2.97. The zero-order valence-electron chi connectivity index (χ0n) is 11.9. The largest absolute Gasteiger partial charge is 0.484 e. The highest BCUT2D eigenvalue weighted by Crippen LogP contribution is 2.29. The van der Waals surface area contributed by atoms with Crippen LogP contribution < -0.4 is 4.74 Å². The van der Waals surface area contributed by atoms with Crippen molar-refractivity contribution < 1.29 is 26.8 Å². The SMILES string of the molecule is Fc1ccccc1OCc1cc(-c2noc(C(F)(F)F)n2)ccn1. The lowest BCUT2D eigenvalue weighted by Crippen LogP contribution is -2.05. The summed E-state index contributed by atoms with van der Waals surface area (Å²) in [4.78, 5) is 7.30. The second kappa shape index (κ2) is 6.26. The molecule has 3 rings (SSSR count). The van der Waals surface area contributed by atoms with Gasteiger partial charge in [0.1, 0.15) is 6.61 Å². The molecule has 0 radical (unpaired) electrons. The lowest BCUT2D eigenvalue weighted by atomic mass is 10.2. The number of ether oxygens (including phenoxy) is 1. The molecule has 0 aliphatic rings. The predicted octanol–water partition coefficient (Wildman–Crippen LogP) is 3.87. The normalized spacial score (nSPS) is 11.5. The van der Waals surface area contributed by atoms with Crippen LogP contribution in [0.1, 0.15) is 11.6 Å². The van der Waals surface area contributed by atoms with Crippen molar-refractivity contribution in [2.75, 3.05) is 0 Å². The van der Waals surface area contributed by atoms with E-state index in [2.05, 4.69) is 19.6 Å². The van der Waals surface area contributed by atoms with Gasteiger partial charge in [0, 0.05) is 11.8 Å². The van der Waals surface area contributed by atoms with Crippen LogP contribution in [0, 0.1) is 5.82 Å². The third-order valence-corrected chi connectivity index (χ3v) is 2.96. The van der Waals surface area contributed by atoms with Crippen molar-refractivity contribution in [1.82, 2.24) is 15.1 Å². The monoisotopic (exact) mass is 339 g/mol. The van der Waals surface area contributed by atoms with E-state index < -0.39 is 17.9 Å². The van der Waals surface area contributed by atoms with Crippen LogP contribution in [0.4, 0.5) is 17.6 Å².